The predicted molar refractivity (Wildman–Crippen MR) is 104 cm³/mol. The first-order valence-corrected chi connectivity index (χ1v) is 10.2. The van der Waals surface area contributed by atoms with E-state index < -0.39 is 0 Å². The molecule has 0 unspecified atom stereocenters. The van der Waals surface area contributed by atoms with Crippen molar-refractivity contribution in [2.45, 2.75) is 76.8 Å². The maximum absolute atomic E-state index is 12.5. The molecule has 3 N–H and O–H groups in total. The van der Waals surface area contributed by atoms with E-state index in [1.807, 2.05) is 19.1 Å². The van der Waals surface area contributed by atoms with E-state index in [4.69, 9.17) is 0 Å². The summed E-state index contributed by atoms with van der Waals surface area (Å²) in [4.78, 5) is 14.9. The summed E-state index contributed by atoms with van der Waals surface area (Å²) in [6, 6.07) is 8.95. The molecule has 1 atom stereocenters. The molecule has 3 rings (SSSR count). The number of hydrogen-bond acceptors (Lipinski definition) is 2. The van der Waals surface area contributed by atoms with Crippen molar-refractivity contribution in [3.63, 3.8) is 0 Å². The number of amides is 1. The molecule has 138 valence electrons. The Kier molecular flexibility index (Phi) is 6.74. The fourth-order valence-electron chi connectivity index (χ4n) is 4.16. The molecule has 1 aromatic carbocycles. The summed E-state index contributed by atoms with van der Waals surface area (Å²) in [5.41, 5.74) is 2.18. The van der Waals surface area contributed by atoms with E-state index in [-0.39, 0.29) is 11.9 Å². The first-order valence-electron chi connectivity index (χ1n) is 10.2. The zero-order chi connectivity index (χ0) is 17.5. The van der Waals surface area contributed by atoms with Crippen LogP contribution in [0.3, 0.4) is 0 Å². The third-order valence-corrected chi connectivity index (χ3v) is 5.73. The summed E-state index contributed by atoms with van der Waals surface area (Å²) in [7, 11) is 0. The average Bonchev–Trinajstić information content (AvgIpc) is 2.92. The maximum Gasteiger partial charge on any atom is 0.282 e. The molecule has 1 amide bonds. The monoisotopic (exact) mass is 344 g/mol. The van der Waals surface area contributed by atoms with Gasteiger partial charge in [-0.15, -0.1) is 0 Å². The number of quaternary nitrogens is 1. The molecule has 0 radical (unpaired) electrons. The van der Waals surface area contributed by atoms with Gasteiger partial charge >= 0.3 is 0 Å². The molecule has 1 aliphatic carbocycles. The molecule has 1 aromatic rings. The highest BCUT2D eigenvalue weighted by atomic mass is 16.2. The van der Waals surface area contributed by atoms with Crippen molar-refractivity contribution in [2.24, 2.45) is 0 Å². The number of rotatable bonds is 5. The Bertz CT molecular complexity index is 529. The fraction of sp³-hybridized carbons (Fsp3) is 0.667. The van der Waals surface area contributed by atoms with E-state index in [1.165, 1.54) is 63.5 Å². The Hall–Kier alpha value is -1.55. The van der Waals surface area contributed by atoms with Crippen LogP contribution >= 0.6 is 0 Å². The topological polar surface area (TPSA) is 49.0 Å². The van der Waals surface area contributed by atoms with Gasteiger partial charge in [0.05, 0.1) is 6.04 Å². The normalized spacial score (nSPS) is 20.8. The van der Waals surface area contributed by atoms with Gasteiger partial charge in [-0.2, -0.15) is 0 Å². The summed E-state index contributed by atoms with van der Waals surface area (Å²) < 4.78 is 0. The van der Waals surface area contributed by atoms with Gasteiger partial charge in [-0.3, -0.25) is 4.79 Å². The second-order valence-electron chi connectivity index (χ2n) is 7.82. The fourth-order valence-corrected chi connectivity index (χ4v) is 4.16. The first kappa shape index (κ1) is 18.2. The minimum absolute atomic E-state index is 0.0233. The van der Waals surface area contributed by atoms with Gasteiger partial charge in [-0.25, -0.2) is 0 Å². The molecule has 0 spiro atoms. The first-order chi connectivity index (χ1) is 12.2. The number of hydrogen-bond donors (Lipinski definition) is 2. The van der Waals surface area contributed by atoms with Crippen LogP contribution in [-0.2, 0) is 4.79 Å². The van der Waals surface area contributed by atoms with Crippen LogP contribution in [0.2, 0.25) is 0 Å². The molecule has 1 heterocycles. The molecule has 25 heavy (non-hydrogen) atoms. The number of carbonyl (C=O) groups excluding carboxylic acids is 1. The van der Waals surface area contributed by atoms with Crippen molar-refractivity contribution in [1.82, 2.24) is 0 Å². The van der Waals surface area contributed by atoms with E-state index >= 15 is 0 Å². The van der Waals surface area contributed by atoms with Gasteiger partial charge in [0.1, 0.15) is 0 Å². The third kappa shape index (κ3) is 5.46. The smallest absolute Gasteiger partial charge is 0.282 e. The number of nitrogens with two attached hydrogens (primary N) is 1. The van der Waals surface area contributed by atoms with Crippen LogP contribution in [0.1, 0.15) is 64.7 Å². The summed E-state index contributed by atoms with van der Waals surface area (Å²) in [5.74, 6) is 0.120. The van der Waals surface area contributed by atoms with Crippen LogP contribution in [0, 0.1) is 0 Å². The molecule has 1 saturated heterocycles. The molecular weight excluding hydrogens is 310 g/mol. The number of anilines is 2. The summed E-state index contributed by atoms with van der Waals surface area (Å²) in [6.07, 6.45) is 11.8. The van der Waals surface area contributed by atoms with Crippen molar-refractivity contribution in [3.8, 4) is 0 Å². The van der Waals surface area contributed by atoms with Crippen molar-refractivity contribution >= 4 is 17.3 Å². The van der Waals surface area contributed by atoms with Gasteiger partial charge in [0, 0.05) is 24.5 Å². The Labute approximate surface area is 152 Å². The van der Waals surface area contributed by atoms with Gasteiger partial charge in [0.2, 0.25) is 0 Å². The van der Waals surface area contributed by atoms with Gasteiger partial charge in [0.15, 0.2) is 6.04 Å². The number of carbonyl (C=O) groups is 1. The third-order valence-electron chi connectivity index (χ3n) is 5.73. The Morgan fingerprint density at radius 2 is 1.60 bits per heavy atom. The number of benzene rings is 1. The average molecular weight is 345 g/mol. The standard InChI is InChI=1S/C21H33N3O/c1-17(22-18-9-5-2-3-6-10-18)21(25)23-19-11-13-20(14-12-19)24-15-7-4-8-16-24/h11-14,17-18,22H,2-10,15-16H2,1H3,(H,23,25)/p+1/t17-/m1/s1. The molecule has 2 aliphatic rings. The molecule has 0 bridgehead atoms. The van der Waals surface area contributed by atoms with Gasteiger partial charge in [-0.1, -0.05) is 12.8 Å². The highest BCUT2D eigenvalue weighted by molar-refractivity contribution is 5.93. The molecule has 2 fully saturated rings. The molecule has 4 heteroatoms. The maximum atomic E-state index is 12.5. The SMILES string of the molecule is C[C@@H]([NH2+]C1CCCCCC1)C(=O)Nc1ccc(N2CCCCC2)cc1. The highest BCUT2D eigenvalue weighted by Crippen LogP contribution is 2.22. The molecular formula is C21H34N3O+. The van der Waals surface area contributed by atoms with Crippen LogP contribution in [0.15, 0.2) is 24.3 Å². The van der Waals surface area contributed by atoms with Crippen LogP contribution in [0.5, 0.6) is 0 Å². The van der Waals surface area contributed by atoms with Crippen molar-refractivity contribution < 1.29 is 10.1 Å². The largest absolute Gasteiger partial charge is 0.372 e. The van der Waals surface area contributed by atoms with Crippen LogP contribution in [0.25, 0.3) is 0 Å². The van der Waals surface area contributed by atoms with Gasteiger partial charge in [0.25, 0.3) is 5.91 Å². The Balaban J connectivity index is 1.49. The predicted octanol–water partition coefficient (Wildman–Crippen LogP) is 3.29. The van der Waals surface area contributed by atoms with E-state index in [2.05, 4.69) is 27.7 Å². The molecule has 1 saturated carbocycles. The Morgan fingerprint density at radius 1 is 1.00 bits per heavy atom. The quantitative estimate of drug-likeness (QED) is 0.805. The molecule has 4 nitrogen and oxygen atoms in total. The molecule has 1 aliphatic heterocycles. The second-order valence-corrected chi connectivity index (χ2v) is 7.82. The minimum Gasteiger partial charge on any atom is -0.372 e. The van der Waals surface area contributed by atoms with Crippen molar-refractivity contribution in [2.75, 3.05) is 23.3 Å². The van der Waals surface area contributed by atoms with Crippen LogP contribution in [0.4, 0.5) is 11.4 Å². The van der Waals surface area contributed by atoms with Crippen molar-refractivity contribution in [1.29, 1.82) is 0 Å². The second kappa shape index (κ2) is 9.23. The van der Waals surface area contributed by atoms with Crippen LogP contribution in [-0.4, -0.2) is 31.1 Å². The number of nitrogens with one attached hydrogen (secondary N) is 1. The lowest BCUT2D eigenvalue weighted by molar-refractivity contribution is -0.707. The van der Waals surface area contributed by atoms with E-state index in [0.717, 1.165) is 18.8 Å². The van der Waals surface area contributed by atoms with E-state index in [0.29, 0.717) is 6.04 Å². The van der Waals surface area contributed by atoms with E-state index in [9.17, 15) is 4.79 Å². The van der Waals surface area contributed by atoms with Gasteiger partial charge < -0.3 is 15.5 Å². The van der Waals surface area contributed by atoms with Gasteiger partial charge in [-0.05, 0) is 76.1 Å². The summed E-state index contributed by atoms with van der Waals surface area (Å²) in [5, 5.41) is 5.37. The highest BCUT2D eigenvalue weighted by Gasteiger charge is 2.23. The van der Waals surface area contributed by atoms with Crippen molar-refractivity contribution in [3.05, 3.63) is 24.3 Å². The zero-order valence-electron chi connectivity index (χ0n) is 15.7. The number of piperidine rings is 1. The Morgan fingerprint density at radius 3 is 2.24 bits per heavy atom. The lowest BCUT2D eigenvalue weighted by Crippen LogP contribution is -2.96. The number of nitrogens with zero attached hydrogens (tertiary/aromatic N) is 1. The summed E-state index contributed by atoms with van der Waals surface area (Å²) in [6.45, 7) is 4.33. The minimum atomic E-state index is -0.0233. The lowest BCUT2D eigenvalue weighted by atomic mass is 10.1. The molecule has 0 aromatic heterocycles. The summed E-state index contributed by atoms with van der Waals surface area (Å²) >= 11 is 0. The lowest BCUT2D eigenvalue weighted by Gasteiger charge is -2.28. The van der Waals surface area contributed by atoms with Crippen LogP contribution < -0.4 is 15.5 Å². The van der Waals surface area contributed by atoms with E-state index in [1.54, 1.807) is 0 Å². The zero-order valence-corrected chi connectivity index (χ0v) is 15.7.